The molecule has 1 aromatic heterocycles. The molecule has 0 radical (unpaired) electrons. The van der Waals surface area contributed by atoms with Crippen LogP contribution in [-0.4, -0.2) is 58.1 Å². The Morgan fingerprint density at radius 1 is 1.10 bits per heavy atom. The number of urea groups is 1. The van der Waals surface area contributed by atoms with Gasteiger partial charge in [-0.05, 0) is 36.8 Å². The van der Waals surface area contributed by atoms with Gasteiger partial charge in [0.1, 0.15) is 12.4 Å². The molecule has 0 saturated carbocycles. The Kier molecular flexibility index (Phi) is 10.7. The van der Waals surface area contributed by atoms with Crippen LogP contribution in [0, 0.1) is 11.6 Å². The molecule has 1 heterocycles. The predicted molar refractivity (Wildman–Crippen MR) is 139 cm³/mol. The van der Waals surface area contributed by atoms with Crippen molar-refractivity contribution in [1.29, 1.82) is 0 Å². The van der Waals surface area contributed by atoms with Gasteiger partial charge in [-0.15, -0.1) is 0 Å². The molecular formula is C25H29F2N4O7P. The van der Waals surface area contributed by atoms with Crippen molar-refractivity contribution in [1.82, 2.24) is 15.2 Å². The molecule has 0 aliphatic heterocycles. The number of nitrogens with zero attached hydrogens (tertiary/aromatic N) is 2. The van der Waals surface area contributed by atoms with Crippen LogP contribution in [0.4, 0.5) is 24.2 Å². The van der Waals surface area contributed by atoms with Crippen molar-refractivity contribution in [2.45, 2.75) is 31.8 Å². The first kappa shape index (κ1) is 29.9. The van der Waals surface area contributed by atoms with Crippen LogP contribution in [0.25, 0.3) is 10.8 Å². The van der Waals surface area contributed by atoms with Gasteiger partial charge in [0, 0.05) is 30.7 Å². The standard InChI is InChI=1S/C25H29F2N4O7P/c1-31(24(32)29-15-19-9-6-11-21(26)23(19)27)20(10-4-5-12-38-39(34,35)36)16-37-25(33)30-22-13-17-7-2-3-8-18(17)14-28-22/h2-3,6-9,11,13-14,20H,4-5,10,12,15-16H2,1H3,(H,29,32)(H,28,30,33)(H2,34,35,36)/t20-/m1/s1. The number of ether oxygens (including phenoxy) is 1. The minimum absolute atomic E-state index is 0.0404. The summed E-state index contributed by atoms with van der Waals surface area (Å²) in [5.74, 6) is -1.83. The van der Waals surface area contributed by atoms with E-state index in [1.54, 1.807) is 12.3 Å². The summed E-state index contributed by atoms with van der Waals surface area (Å²) in [6, 6.07) is 11.5. The number of carbonyl (C=O) groups excluding carboxylic acids is 2. The van der Waals surface area contributed by atoms with E-state index in [1.807, 2.05) is 24.3 Å². The molecular weight excluding hydrogens is 537 g/mol. The van der Waals surface area contributed by atoms with Gasteiger partial charge < -0.3 is 24.7 Å². The number of unbranched alkanes of at least 4 members (excludes halogenated alkanes) is 1. The number of hydrogen-bond acceptors (Lipinski definition) is 6. The van der Waals surface area contributed by atoms with E-state index in [9.17, 15) is 22.9 Å². The van der Waals surface area contributed by atoms with Crippen molar-refractivity contribution in [3.8, 4) is 0 Å². The number of phosphoric ester groups is 1. The molecule has 4 N–H and O–H groups in total. The van der Waals surface area contributed by atoms with E-state index in [-0.39, 0.29) is 44.0 Å². The zero-order valence-corrected chi connectivity index (χ0v) is 21.9. The van der Waals surface area contributed by atoms with E-state index in [2.05, 4.69) is 20.1 Å². The van der Waals surface area contributed by atoms with E-state index < -0.39 is 37.6 Å². The molecule has 39 heavy (non-hydrogen) atoms. The Morgan fingerprint density at radius 2 is 1.85 bits per heavy atom. The van der Waals surface area contributed by atoms with E-state index in [0.717, 1.165) is 16.8 Å². The molecule has 0 aliphatic rings. The number of pyridine rings is 1. The van der Waals surface area contributed by atoms with Crippen LogP contribution in [0.5, 0.6) is 0 Å². The first-order valence-electron chi connectivity index (χ1n) is 12.0. The van der Waals surface area contributed by atoms with E-state index in [1.165, 1.54) is 24.1 Å². The van der Waals surface area contributed by atoms with Crippen LogP contribution in [0.3, 0.4) is 0 Å². The van der Waals surface area contributed by atoms with Crippen molar-refractivity contribution in [3.63, 3.8) is 0 Å². The number of benzene rings is 2. The van der Waals surface area contributed by atoms with Crippen LogP contribution in [-0.2, 0) is 20.4 Å². The Bertz CT molecular complexity index is 1340. The van der Waals surface area contributed by atoms with Crippen molar-refractivity contribution in [2.75, 3.05) is 25.6 Å². The third kappa shape index (κ3) is 9.56. The fraction of sp³-hybridized carbons (Fsp3) is 0.320. The highest BCUT2D eigenvalue weighted by atomic mass is 31.2. The molecule has 0 fully saturated rings. The van der Waals surface area contributed by atoms with Gasteiger partial charge >= 0.3 is 19.9 Å². The molecule has 0 saturated heterocycles. The average molecular weight is 566 g/mol. The molecule has 11 nitrogen and oxygen atoms in total. The Balaban J connectivity index is 1.58. The summed E-state index contributed by atoms with van der Waals surface area (Å²) < 4.78 is 48.0. The minimum Gasteiger partial charge on any atom is -0.447 e. The fourth-order valence-corrected chi connectivity index (χ4v) is 4.03. The number of hydrogen-bond donors (Lipinski definition) is 4. The summed E-state index contributed by atoms with van der Waals surface area (Å²) in [6.07, 6.45) is 1.72. The second-order valence-electron chi connectivity index (χ2n) is 8.60. The third-order valence-corrected chi connectivity index (χ3v) is 6.31. The molecule has 0 bridgehead atoms. The highest BCUT2D eigenvalue weighted by molar-refractivity contribution is 7.46. The number of fused-ring (bicyclic) bond motifs is 1. The molecule has 14 heteroatoms. The molecule has 210 valence electrons. The van der Waals surface area contributed by atoms with Gasteiger partial charge in [-0.2, -0.15) is 0 Å². The van der Waals surface area contributed by atoms with Crippen molar-refractivity contribution in [3.05, 3.63) is 71.9 Å². The number of phosphoric acid groups is 1. The first-order valence-corrected chi connectivity index (χ1v) is 13.5. The number of carbonyl (C=O) groups is 2. The molecule has 0 unspecified atom stereocenters. The summed E-state index contributed by atoms with van der Waals surface area (Å²) >= 11 is 0. The number of rotatable bonds is 12. The van der Waals surface area contributed by atoms with Crippen LogP contribution < -0.4 is 10.6 Å². The zero-order chi connectivity index (χ0) is 28.4. The molecule has 3 rings (SSSR count). The van der Waals surface area contributed by atoms with Crippen molar-refractivity contribution < 1.29 is 42.0 Å². The van der Waals surface area contributed by atoms with Crippen LogP contribution in [0.1, 0.15) is 24.8 Å². The average Bonchev–Trinajstić information content (AvgIpc) is 2.89. The SMILES string of the molecule is CN(C(=O)NCc1cccc(F)c1F)[C@H](CCCCOP(=O)(O)O)COC(=O)Nc1cc2ccccc2cn1. The summed E-state index contributed by atoms with van der Waals surface area (Å²) in [6.45, 7) is -0.706. The van der Waals surface area contributed by atoms with E-state index >= 15 is 0 Å². The predicted octanol–water partition coefficient (Wildman–Crippen LogP) is 4.55. The molecule has 2 aromatic carbocycles. The number of anilines is 1. The lowest BCUT2D eigenvalue weighted by molar-refractivity contribution is 0.111. The van der Waals surface area contributed by atoms with Gasteiger partial charge in [0.25, 0.3) is 0 Å². The minimum atomic E-state index is -4.60. The molecule has 0 spiro atoms. The number of likely N-dealkylation sites (N-methyl/N-ethyl adjacent to an activating group) is 1. The maximum atomic E-state index is 13.9. The smallest absolute Gasteiger partial charge is 0.447 e. The van der Waals surface area contributed by atoms with Crippen molar-refractivity contribution in [2.24, 2.45) is 0 Å². The Hall–Kier alpha value is -3.64. The number of amides is 3. The maximum absolute atomic E-state index is 13.9. The molecule has 0 aliphatic carbocycles. The van der Waals surface area contributed by atoms with Gasteiger partial charge in [-0.25, -0.2) is 27.9 Å². The Labute approximate surface area is 223 Å². The number of aromatic nitrogens is 1. The number of halogens is 2. The lowest BCUT2D eigenvalue weighted by atomic mass is 10.1. The molecule has 3 aromatic rings. The first-order chi connectivity index (χ1) is 18.5. The van der Waals surface area contributed by atoms with Crippen LogP contribution in [0.2, 0.25) is 0 Å². The lowest BCUT2D eigenvalue weighted by Crippen LogP contribution is -2.46. The fourth-order valence-electron chi connectivity index (χ4n) is 3.67. The normalized spacial score (nSPS) is 12.1. The zero-order valence-electron chi connectivity index (χ0n) is 21.0. The van der Waals surface area contributed by atoms with Gasteiger partial charge in [0.15, 0.2) is 11.6 Å². The number of nitrogens with one attached hydrogen (secondary N) is 2. The van der Waals surface area contributed by atoms with Gasteiger partial charge in [-0.1, -0.05) is 36.4 Å². The maximum Gasteiger partial charge on any atom is 0.469 e. The van der Waals surface area contributed by atoms with Crippen LogP contribution >= 0.6 is 7.82 Å². The van der Waals surface area contributed by atoms with Gasteiger partial charge in [-0.3, -0.25) is 9.84 Å². The largest absolute Gasteiger partial charge is 0.469 e. The highest BCUT2D eigenvalue weighted by Gasteiger charge is 2.23. The molecule has 3 amide bonds. The summed E-state index contributed by atoms with van der Waals surface area (Å²) in [7, 11) is -3.16. The topological polar surface area (TPSA) is 150 Å². The monoisotopic (exact) mass is 566 g/mol. The summed E-state index contributed by atoms with van der Waals surface area (Å²) in [4.78, 5) is 48.2. The molecule has 1 atom stereocenters. The second kappa shape index (κ2) is 13.9. The van der Waals surface area contributed by atoms with Gasteiger partial charge in [0.2, 0.25) is 0 Å². The quantitative estimate of drug-likeness (QED) is 0.184. The second-order valence-corrected chi connectivity index (χ2v) is 9.84. The van der Waals surface area contributed by atoms with Crippen molar-refractivity contribution >= 4 is 36.5 Å². The third-order valence-electron chi connectivity index (χ3n) is 5.79. The van der Waals surface area contributed by atoms with E-state index in [0.29, 0.717) is 6.42 Å². The Morgan fingerprint density at radius 3 is 2.59 bits per heavy atom. The van der Waals surface area contributed by atoms with Crippen LogP contribution in [0.15, 0.2) is 54.7 Å². The highest BCUT2D eigenvalue weighted by Crippen LogP contribution is 2.35. The summed E-state index contributed by atoms with van der Waals surface area (Å²) in [5.41, 5.74) is -0.0404. The van der Waals surface area contributed by atoms with E-state index in [4.69, 9.17) is 14.5 Å². The van der Waals surface area contributed by atoms with Gasteiger partial charge in [0.05, 0.1) is 12.6 Å². The summed E-state index contributed by atoms with van der Waals surface area (Å²) in [5, 5.41) is 6.79. The lowest BCUT2D eigenvalue weighted by Gasteiger charge is -2.28.